The van der Waals surface area contributed by atoms with Crippen LogP contribution in [0, 0.1) is 12.3 Å². The third kappa shape index (κ3) is 4.73. The summed E-state index contributed by atoms with van der Waals surface area (Å²) in [5.74, 6) is 3.09. The van der Waals surface area contributed by atoms with E-state index in [0.717, 1.165) is 24.8 Å². The molecule has 0 atom stereocenters. The summed E-state index contributed by atoms with van der Waals surface area (Å²) >= 11 is 0. The number of nitrogens with one attached hydrogen (secondary N) is 2. The van der Waals surface area contributed by atoms with Crippen LogP contribution in [0.1, 0.15) is 24.8 Å². The predicted molar refractivity (Wildman–Crippen MR) is 96.1 cm³/mol. The summed E-state index contributed by atoms with van der Waals surface area (Å²) in [6.07, 6.45) is 8.18. The minimum absolute atomic E-state index is 0.350. The van der Waals surface area contributed by atoms with Gasteiger partial charge >= 0.3 is 0 Å². The van der Waals surface area contributed by atoms with E-state index in [0.29, 0.717) is 37.0 Å². The largest absolute Gasteiger partial charge is 0.352 e. The fourth-order valence-corrected chi connectivity index (χ4v) is 4.09. The molecule has 1 aliphatic rings. The molecule has 24 heavy (non-hydrogen) atoms. The van der Waals surface area contributed by atoms with Crippen LogP contribution in [0.4, 0.5) is 0 Å². The Kier molecular flexibility index (Phi) is 6.64. The average molecular weight is 348 g/mol. The van der Waals surface area contributed by atoms with E-state index in [1.54, 1.807) is 23.5 Å². The standard InChI is InChI=1S/C17H24N4O2S/c1-3-11-19-17(18-2)20-14-15-7-9-16(10-8-15)24(22,23)21-12-5-4-6-13-21/h1,7-10H,4-6,11-14H2,2H3,(H2,18,19,20). The Morgan fingerprint density at radius 1 is 1.21 bits per heavy atom. The van der Waals surface area contributed by atoms with E-state index >= 15 is 0 Å². The molecule has 1 fully saturated rings. The van der Waals surface area contributed by atoms with Gasteiger partial charge < -0.3 is 10.6 Å². The van der Waals surface area contributed by atoms with Crippen LogP contribution in [0.5, 0.6) is 0 Å². The van der Waals surface area contributed by atoms with Crippen molar-refractivity contribution in [1.29, 1.82) is 0 Å². The zero-order chi connectivity index (χ0) is 17.4. The highest BCUT2D eigenvalue weighted by molar-refractivity contribution is 7.89. The number of nitrogens with zero attached hydrogens (tertiary/aromatic N) is 2. The van der Waals surface area contributed by atoms with Crippen molar-refractivity contribution < 1.29 is 8.42 Å². The van der Waals surface area contributed by atoms with Crippen molar-refractivity contribution in [3.63, 3.8) is 0 Å². The molecule has 0 aliphatic carbocycles. The SMILES string of the molecule is C#CCNC(=NC)NCc1ccc(S(=O)(=O)N2CCCCC2)cc1. The van der Waals surface area contributed by atoms with E-state index < -0.39 is 10.0 Å². The highest BCUT2D eigenvalue weighted by Crippen LogP contribution is 2.20. The molecular formula is C17H24N4O2S. The molecule has 0 aromatic heterocycles. The van der Waals surface area contributed by atoms with Gasteiger partial charge in [-0.05, 0) is 30.5 Å². The lowest BCUT2D eigenvalue weighted by Gasteiger charge is -2.25. The first kappa shape index (κ1) is 18.3. The van der Waals surface area contributed by atoms with Gasteiger partial charge in [0.1, 0.15) is 0 Å². The number of terminal acetylenes is 1. The van der Waals surface area contributed by atoms with E-state index in [9.17, 15) is 8.42 Å². The third-order valence-corrected chi connectivity index (χ3v) is 5.83. The summed E-state index contributed by atoms with van der Waals surface area (Å²) in [6.45, 7) is 2.16. The van der Waals surface area contributed by atoms with Crippen molar-refractivity contribution in [3.05, 3.63) is 29.8 Å². The molecule has 6 nitrogen and oxygen atoms in total. The second kappa shape index (κ2) is 8.71. The van der Waals surface area contributed by atoms with Gasteiger partial charge in [-0.2, -0.15) is 4.31 Å². The Hall–Kier alpha value is -2.04. The summed E-state index contributed by atoms with van der Waals surface area (Å²) in [5.41, 5.74) is 0.969. The molecule has 0 bridgehead atoms. The van der Waals surface area contributed by atoms with E-state index in [1.807, 2.05) is 12.1 Å². The van der Waals surface area contributed by atoms with Gasteiger partial charge in [-0.15, -0.1) is 6.42 Å². The third-order valence-electron chi connectivity index (χ3n) is 3.92. The molecule has 1 aromatic carbocycles. The van der Waals surface area contributed by atoms with Crippen molar-refractivity contribution in [2.45, 2.75) is 30.7 Å². The number of rotatable bonds is 5. The van der Waals surface area contributed by atoms with Crippen molar-refractivity contribution >= 4 is 16.0 Å². The van der Waals surface area contributed by atoms with Crippen LogP contribution in [0.15, 0.2) is 34.2 Å². The normalized spacial score (nSPS) is 16.4. The lowest BCUT2D eigenvalue weighted by atomic mass is 10.2. The zero-order valence-corrected chi connectivity index (χ0v) is 14.8. The Labute approximate surface area is 144 Å². The molecular weight excluding hydrogens is 324 g/mol. The first-order valence-corrected chi connectivity index (χ1v) is 9.49. The highest BCUT2D eigenvalue weighted by Gasteiger charge is 2.25. The fourth-order valence-electron chi connectivity index (χ4n) is 2.57. The number of sulfonamides is 1. The predicted octanol–water partition coefficient (Wildman–Crippen LogP) is 1.16. The number of benzene rings is 1. The van der Waals surface area contributed by atoms with Gasteiger partial charge in [0.2, 0.25) is 10.0 Å². The average Bonchev–Trinajstić information content (AvgIpc) is 2.63. The first-order chi connectivity index (χ1) is 11.6. The number of guanidine groups is 1. The van der Waals surface area contributed by atoms with Crippen LogP contribution in [0.25, 0.3) is 0 Å². The van der Waals surface area contributed by atoms with Gasteiger partial charge in [0.05, 0.1) is 11.4 Å². The molecule has 7 heteroatoms. The van der Waals surface area contributed by atoms with Crippen LogP contribution in [-0.2, 0) is 16.6 Å². The summed E-state index contributed by atoms with van der Waals surface area (Å²) in [6, 6.07) is 6.97. The van der Waals surface area contributed by atoms with Crippen LogP contribution in [-0.4, -0.2) is 45.4 Å². The molecule has 2 N–H and O–H groups in total. The summed E-state index contributed by atoms with van der Waals surface area (Å²) in [7, 11) is -1.71. The number of hydrogen-bond donors (Lipinski definition) is 2. The molecule has 1 saturated heterocycles. The maximum Gasteiger partial charge on any atom is 0.243 e. The molecule has 0 radical (unpaired) electrons. The summed E-state index contributed by atoms with van der Waals surface area (Å²) in [4.78, 5) is 4.40. The Morgan fingerprint density at radius 3 is 2.46 bits per heavy atom. The molecule has 0 saturated carbocycles. The Balaban J connectivity index is 1.98. The first-order valence-electron chi connectivity index (χ1n) is 8.05. The molecule has 0 unspecified atom stereocenters. The lowest BCUT2D eigenvalue weighted by Crippen LogP contribution is -2.37. The topological polar surface area (TPSA) is 73.8 Å². The smallest absolute Gasteiger partial charge is 0.243 e. The number of hydrogen-bond acceptors (Lipinski definition) is 3. The fraction of sp³-hybridized carbons (Fsp3) is 0.471. The van der Waals surface area contributed by atoms with Gasteiger partial charge in [-0.25, -0.2) is 8.42 Å². The van der Waals surface area contributed by atoms with Crippen molar-refractivity contribution in [3.8, 4) is 12.3 Å². The maximum atomic E-state index is 12.6. The maximum absolute atomic E-state index is 12.6. The number of piperidine rings is 1. The van der Waals surface area contributed by atoms with Gasteiger partial charge in [-0.1, -0.05) is 24.5 Å². The second-order valence-electron chi connectivity index (χ2n) is 5.59. The summed E-state index contributed by atoms with van der Waals surface area (Å²) in [5, 5.41) is 6.09. The minimum atomic E-state index is -3.37. The zero-order valence-electron chi connectivity index (χ0n) is 14.0. The van der Waals surface area contributed by atoms with Gasteiger partial charge in [-0.3, -0.25) is 4.99 Å². The van der Waals surface area contributed by atoms with E-state index in [1.165, 1.54) is 0 Å². The van der Waals surface area contributed by atoms with E-state index in [2.05, 4.69) is 21.5 Å². The highest BCUT2D eigenvalue weighted by atomic mass is 32.2. The van der Waals surface area contributed by atoms with E-state index in [-0.39, 0.29) is 0 Å². The van der Waals surface area contributed by atoms with Gasteiger partial charge in [0.15, 0.2) is 5.96 Å². The monoisotopic (exact) mass is 348 g/mol. The van der Waals surface area contributed by atoms with Crippen LogP contribution in [0.2, 0.25) is 0 Å². The van der Waals surface area contributed by atoms with Crippen LogP contribution < -0.4 is 10.6 Å². The van der Waals surface area contributed by atoms with Crippen molar-refractivity contribution in [1.82, 2.24) is 14.9 Å². The van der Waals surface area contributed by atoms with Gasteiger partial charge in [0.25, 0.3) is 0 Å². The second-order valence-corrected chi connectivity index (χ2v) is 7.53. The molecule has 0 spiro atoms. The molecule has 130 valence electrons. The van der Waals surface area contributed by atoms with Crippen LogP contribution in [0.3, 0.4) is 0 Å². The molecule has 1 aliphatic heterocycles. The van der Waals surface area contributed by atoms with Crippen molar-refractivity contribution in [2.24, 2.45) is 4.99 Å². The Morgan fingerprint density at radius 2 is 1.88 bits per heavy atom. The van der Waals surface area contributed by atoms with Crippen LogP contribution >= 0.6 is 0 Å². The molecule has 1 heterocycles. The Bertz CT molecular complexity index is 699. The van der Waals surface area contributed by atoms with E-state index in [4.69, 9.17) is 6.42 Å². The summed E-state index contributed by atoms with van der Waals surface area (Å²) < 4.78 is 26.8. The quantitative estimate of drug-likeness (QED) is 0.476. The number of aliphatic imine (C=N–C) groups is 1. The lowest BCUT2D eigenvalue weighted by molar-refractivity contribution is 0.346. The molecule has 0 amide bonds. The van der Waals surface area contributed by atoms with Gasteiger partial charge in [0, 0.05) is 26.7 Å². The molecule has 1 aromatic rings. The molecule has 2 rings (SSSR count). The van der Waals surface area contributed by atoms with Crippen molar-refractivity contribution in [2.75, 3.05) is 26.7 Å². The minimum Gasteiger partial charge on any atom is -0.352 e.